The minimum atomic E-state index is -0.801. The number of aliphatic hydroxyl groups excluding tert-OH is 1. The Labute approximate surface area is 282 Å². The number of rotatable bonds is 32. The van der Waals surface area contributed by atoms with Crippen LogP contribution < -0.4 is 0 Å². The second-order valence-electron chi connectivity index (χ2n) is 13.3. The summed E-state index contributed by atoms with van der Waals surface area (Å²) in [6, 6.07) is 0. The van der Waals surface area contributed by atoms with Crippen LogP contribution in [0.2, 0.25) is 0 Å². The highest BCUT2D eigenvalue weighted by molar-refractivity contribution is 5.70. The zero-order chi connectivity index (χ0) is 33.5. The first kappa shape index (κ1) is 42.1. The van der Waals surface area contributed by atoms with Gasteiger partial charge in [0, 0.05) is 12.8 Å². The van der Waals surface area contributed by atoms with E-state index in [4.69, 9.17) is 14.2 Å². The highest BCUT2D eigenvalue weighted by Gasteiger charge is 2.36. The van der Waals surface area contributed by atoms with Gasteiger partial charge in [-0.3, -0.25) is 9.59 Å². The Bertz CT molecular complexity index is 819. The second kappa shape index (κ2) is 30.4. The van der Waals surface area contributed by atoms with Crippen molar-refractivity contribution in [3.63, 3.8) is 0 Å². The van der Waals surface area contributed by atoms with Crippen molar-refractivity contribution >= 4 is 11.9 Å². The average Bonchev–Trinajstić information content (AvgIpc) is 3.81. The van der Waals surface area contributed by atoms with Gasteiger partial charge in [-0.15, -0.1) is 0 Å². The van der Waals surface area contributed by atoms with E-state index in [0.29, 0.717) is 25.0 Å². The number of carbonyl (C=O) groups is 2. The summed E-state index contributed by atoms with van der Waals surface area (Å²) in [5.41, 5.74) is 0. The van der Waals surface area contributed by atoms with Crippen molar-refractivity contribution in [2.24, 2.45) is 5.92 Å². The molecule has 0 amide bonds. The van der Waals surface area contributed by atoms with Crippen molar-refractivity contribution in [2.45, 2.75) is 187 Å². The zero-order valence-electron chi connectivity index (χ0n) is 29.9. The molecule has 6 nitrogen and oxygen atoms in total. The number of hydrogen-bond donors (Lipinski definition) is 1. The molecular weight excluding hydrogens is 576 g/mol. The Kier molecular flexibility index (Phi) is 27.8. The molecule has 0 aliphatic carbocycles. The number of allylic oxidation sites excluding steroid dienone is 5. The van der Waals surface area contributed by atoms with Crippen molar-refractivity contribution in [1.29, 1.82) is 0 Å². The van der Waals surface area contributed by atoms with E-state index in [1.165, 1.54) is 83.5 Å². The van der Waals surface area contributed by atoms with Crippen LogP contribution in [-0.4, -0.2) is 48.6 Å². The topological polar surface area (TPSA) is 85.4 Å². The normalized spacial score (nSPS) is 17.7. The van der Waals surface area contributed by atoms with Gasteiger partial charge in [0.2, 0.25) is 0 Å². The average molecular weight is 647 g/mol. The Morgan fingerprint density at radius 3 is 1.98 bits per heavy atom. The Morgan fingerprint density at radius 2 is 1.33 bits per heavy atom. The molecule has 1 aliphatic heterocycles. The van der Waals surface area contributed by atoms with E-state index in [2.05, 4.69) is 57.2 Å². The van der Waals surface area contributed by atoms with Gasteiger partial charge in [-0.25, -0.2) is 0 Å². The molecule has 0 bridgehead atoms. The first-order valence-electron chi connectivity index (χ1n) is 19.1. The Hall–Kier alpha value is -1.92. The number of unbranched alkanes of at least 4 members (excludes halogenated alkanes) is 12. The molecule has 3 unspecified atom stereocenters. The third kappa shape index (κ3) is 26.2. The fourth-order valence-corrected chi connectivity index (χ4v) is 5.50. The predicted molar refractivity (Wildman–Crippen MR) is 191 cm³/mol. The summed E-state index contributed by atoms with van der Waals surface area (Å²) in [7, 11) is 0. The summed E-state index contributed by atoms with van der Waals surface area (Å²) in [6.07, 6.45) is 38.0. The van der Waals surface area contributed by atoms with E-state index in [1.54, 1.807) is 0 Å². The molecule has 4 atom stereocenters. The van der Waals surface area contributed by atoms with Gasteiger partial charge >= 0.3 is 11.9 Å². The molecule has 0 aromatic carbocycles. The minimum Gasteiger partial charge on any atom is -0.462 e. The lowest BCUT2D eigenvalue weighted by atomic mass is 9.99. The first-order chi connectivity index (χ1) is 22.5. The third-order valence-electron chi connectivity index (χ3n) is 8.90. The van der Waals surface area contributed by atoms with Crippen LogP contribution in [0, 0.1) is 5.92 Å². The first-order valence-corrected chi connectivity index (χ1v) is 19.1. The van der Waals surface area contributed by atoms with E-state index in [0.717, 1.165) is 50.9 Å². The van der Waals surface area contributed by atoms with E-state index >= 15 is 0 Å². The van der Waals surface area contributed by atoms with E-state index in [1.807, 2.05) is 0 Å². The molecule has 0 aromatic heterocycles. The largest absolute Gasteiger partial charge is 0.462 e. The lowest BCUT2D eigenvalue weighted by Gasteiger charge is -2.15. The minimum absolute atomic E-state index is 0.0895. The summed E-state index contributed by atoms with van der Waals surface area (Å²) in [4.78, 5) is 24.2. The fourth-order valence-electron chi connectivity index (χ4n) is 5.50. The second-order valence-corrected chi connectivity index (χ2v) is 13.3. The predicted octanol–water partition coefficient (Wildman–Crippen LogP) is 10.5. The van der Waals surface area contributed by atoms with Gasteiger partial charge in [-0.2, -0.15) is 0 Å². The monoisotopic (exact) mass is 647 g/mol. The number of hydrogen-bond acceptors (Lipinski definition) is 6. The van der Waals surface area contributed by atoms with Crippen molar-refractivity contribution < 1.29 is 28.9 Å². The molecule has 0 spiro atoms. The quantitative estimate of drug-likeness (QED) is 0.0339. The molecular formula is C40H70O6. The zero-order valence-corrected chi connectivity index (χ0v) is 29.9. The van der Waals surface area contributed by atoms with Crippen LogP contribution in [0.15, 0.2) is 36.5 Å². The van der Waals surface area contributed by atoms with Gasteiger partial charge in [0.15, 0.2) is 6.10 Å². The molecule has 6 heteroatoms. The number of aliphatic hydroxyl groups is 1. The highest BCUT2D eigenvalue weighted by atomic mass is 16.6. The maximum absolute atomic E-state index is 12.1. The maximum Gasteiger partial charge on any atom is 0.306 e. The molecule has 0 radical (unpaired) electrons. The third-order valence-corrected chi connectivity index (χ3v) is 8.90. The smallest absolute Gasteiger partial charge is 0.306 e. The van der Waals surface area contributed by atoms with Crippen LogP contribution in [0.4, 0.5) is 0 Å². The summed E-state index contributed by atoms with van der Waals surface area (Å²) in [5, 5.41) is 9.54. The molecule has 1 heterocycles. The lowest BCUT2D eigenvalue weighted by molar-refractivity contribution is -0.161. The molecule has 1 saturated heterocycles. The Morgan fingerprint density at radius 1 is 0.717 bits per heavy atom. The molecule has 1 aliphatic rings. The molecule has 1 rings (SSSR count). The lowest BCUT2D eigenvalue weighted by Crippen LogP contribution is -2.28. The van der Waals surface area contributed by atoms with Gasteiger partial charge < -0.3 is 19.3 Å². The molecule has 46 heavy (non-hydrogen) atoms. The summed E-state index contributed by atoms with van der Waals surface area (Å²) in [6.45, 7) is 6.41. The van der Waals surface area contributed by atoms with E-state index < -0.39 is 6.10 Å². The van der Waals surface area contributed by atoms with Crippen LogP contribution in [-0.2, 0) is 23.8 Å². The van der Waals surface area contributed by atoms with Crippen LogP contribution in [0.25, 0.3) is 0 Å². The highest BCUT2D eigenvalue weighted by Crippen LogP contribution is 2.30. The van der Waals surface area contributed by atoms with Crippen molar-refractivity contribution in [3.05, 3.63) is 36.5 Å². The fraction of sp³-hybridized carbons (Fsp3) is 0.800. The van der Waals surface area contributed by atoms with Gasteiger partial charge in [-0.05, 0) is 50.9 Å². The summed E-state index contributed by atoms with van der Waals surface area (Å²) < 4.78 is 16.3. The van der Waals surface area contributed by atoms with Gasteiger partial charge in [0.1, 0.15) is 6.61 Å². The van der Waals surface area contributed by atoms with Crippen molar-refractivity contribution in [2.75, 3.05) is 13.2 Å². The van der Waals surface area contributed by atoms with Crippen LogP contribution >= 0.6 is 0 Å². The standard InChI is InChI=1S/C40H70O6/c1-4-6-23-29-37-38(46-37)30-25-20-16-12-8-10-14-18-22-27-32-40(43)45-36(33-41)34-44-39(42)31-26-21-17-13-9-7-11-15-19-24-28-35(3)5-2/h8,12,14,18,20,25,35-38,41H,4-7,9-11,13,15-17,19,21-24,26-34H2,1-3H3/b12-8-,18-14-,25-20-/t35?,36-,37?,38?/m0/s1. The summed E-state index contributed by atoms with van der Waals surface area (Å²) in [5.74, 6) is 0.212. The van der Waals surface area contributed by atoms with Crippen LogP contribution in [0.5, 0.6) is 0 Å². The number of carbonyl (C=O) groups excluding carboxylic acids is 2. The SMILES string of the molecule is CCCCCC1OC1C/C=C\C/C=C\C/C=C\CCCC(=O)O[C@@H](CO)COC(=O)CCCCCCCCCCCCC(C)CC. The molecule has 0 saturated carbocycles. The van der Waals surface area contributed by atoms with Gasteiger partial charge in [0.05, 0.1) is 18.8 Å². The molecule has 1 N–H and O–H groups in total. The number of ether oxygens (including phenoxy) is 3. The van der Waals surface area contributed by atoms with Crippen molar-refractivity contribution in [1.82, 2.24) is 0 Å². The maximum atomic E-state index is 12.1. The van der Waals surface area contributed by atoms with Gasteiger partial charge in [0.25, 0.3) is 0 Å². The molecule has 1 fully saturated rings. The van der Waals surface area contributed by atoms with E-state index in [9.17, 15) is 14.7 Å². The van der Waals surface area contributed by atoms with Gasteiger partial charge in [-0.1, -0.05) is 147 Å². The Balaban J connectivity index is 1.93. The van der Waals surface area contributed by atoms with Crippen LogP contribution in [0.3, 0.4) is 0 Å². The number of epoxide rings is 1. The van der Waals surface area contributed by atoms with Crippen LogP contribution in [0.1, 0.15) is 168 Å². The van der Waals surface area contributed by atoms with Crippen molar-refractivity contribution in [3.8, 4) is 0 Å². The van der Waals surface area contributed by atoms with E-state index in [-0.39, 0.29) is 31.6 Å². The number of esters is 2. The molecule has 266 valence electrons. The summed E-state index contributed by atoms with van der Waals surface area (Å²) >= 11 is 0. The molecule has 0 aromatic rings.